The smallest absolute Gasteiger partial charge is 0.272 e. The largest absolute Gasteiger partial charge is 0.507 e. The van der Waals surface area contributed by atoms with Gasteiger partial charge >= 0.3 is 0 Å². The van der Waals surface area contributed by atoms with Crippen LogP contribution in [0.5, 0.6) is 11.5 Å². The van der Waals surface area contributed by atoms with Crippen LogP contribution in [-0.4, -0.2) is 28.8 Å². The number of benzene rings is 3. The summed E-state index contributed by atoms with van der Waals surface area (Å²) in [5.41, 5.74) is 5.19. The van der Waals surface area contributed by atoms with Gasteiger partial charge in [-0.15, -0.1) is 0 Å². The second-order valence-electron chi connectivity index (χ2n) is 7.35. The summed E-state index contributed by atoms with van der Waals surface area (Å²) in [7, 11) is 0. The Morgan fingerprint density at radius 1 is 1.12 bits per heavy atom. The van der Waals surface area contributed by atoms with Gasteiger partial charge in [0, 0.05) is 22.6 Å². The highest BCUT2D eigenvalue weighted by Crippen LogP contribution is 2.25. The van der Waals surface area contributed by atoms with Crippen LogP contribution in [0.25, 0.3) is 22.2 Å². The average Bonchev–Trinajstić information content (AvgIpc) is 2.83. The Labute approximate surface area is 190 Å². The molecule has 1 heterocycles. The molecule has 0 atom stereocenters. The lowest BCUT2D eigenvalue weighted by molar-refractivity contribution is 0.0956. The highest BCUT2D eigenvalue weighted by atomic mass is 19.1. The Balaban J connectivity index is 1.58. The van der Waals surface area contributed by atoms with Crippen LogP contribution in [0.2, 0.25) is 0 Å². The Morgan fingerprint density at radius 2 is 1.91 bits per heavy atom. The molecule has 6 nitrogen and oxygen atoms in total. The molecule has 0 spiro atoms. The third kappa shape index (κ3) is 5.15. The van der Waals surface area contributed by atoms with Gasteiger partial charge in [-0.25, -0.2) is 14.8 Å². The van der Waals surface area contributed by atoms with E-state index in [9.17, 15) is 14.3 Å². The number of carbonyl (C=O) groups is 1. The highest BCUT2D eigenvalue weighted by molar-refractivity contribution is 6.07. The molecule has 0 aliphatic rings. The number of aromatic nitrogens is 1. The number of rotatable bonds is 7. The number of aromatic hydroxyl groups is 1. The molecule has 7 heteroatoms. The first kappa shape index (κ1) is 22.0. The molecule has 4 aromatic rings. The maximum atomic E-state index is 13.3. The molecule has 0 aliphatic carbocycles. The zero-order chi connectivity index (χ0) is 23.2. The lowest BCUT2D eigenvalue weighted by atomic mass is 10.0. The van der Waals surface area contributed by atoms with Crippen LogP contribution < -0.4 is 10.2 Å². The predicted molar refractivity (Wildman–Crippen MR) is 126 cm³/mol. The number of amides is 1. The van der Waals surface area contributed by atoms with E-state index in [4.69, 9.17) is 4.74 Å². The fourth-order valence-corrected chi connectivity index (χ4v) is 3.29. The summed E-state index contributed by atoms with van der Waals surface area (Å²) >= 11 is 0. The van der Waals surface area contributed by atoms with E-state index >= 15 is 0 Å². The van der Waals surface area contributed by atoms with Crippen molar-refractivity contribution in [3.05, 3.63) is 89.7 Å². The van der Waals surface area contributed by atoms with E-state index in [0.29, 0.717) is 45.6 Å². The van der Waals surface area contributed by atoms with E-state index in [1.54, 1.807) is 36.4 Å². The summed E-state index contributed by atoms with van der Waals surface area (Å²) in [6.07, 6.45) is 2.23. The number of pyridine rings is 1. The van der Waals surface area contributed by atoms with Crippen molar-refractivity contribution in [2.24, 2.45) is 5.10 Å². The molecule has 0 unspecified atom stereocenters. The number of phenolic OH excluding ortho intramolecular Hbond substituents is 1. The molecule has 1 aromatic heterocycles. The second kappa shape index (κ2) is 9.91. The third-order valence-corrected chi connectivity index (χ3v) is 4.95. The van der Waals surface area contributed by atoms with Gasteiger partial charge in [0.05, 0.1) is 29.6 Å². The fraction of sp³-hybridized carbons (Fsp3) is 0.115. The molecule has 4 rings (SSSR count). The third-order valence-electron chi connectivity index (χ3n) is 4.95. The Morgan fingerprint density at radius 3 is 2.67 bits per heavy atom. The van der Waals surface area contributed by atoms with Crippen molar-refractivity contribution in [2.45, 2.75) is 13.3 Å². The van der Waals surface area contributed by atoms with Gasteiger partial charge in [0.15, 0.2) is 0 Å². The lowest BCUT2D eigenvalue weighted by Gasteiger charge is -2.09. The van der Waals surface area contributed by atoms with Gasteiger partial charge in [-0.2, -0.15) is 5.10 Å². The SMILES string of the molecule is CCCOc1ccc(C=NNC(=O)c2cc(-c3ccc(F)cc3)nc3ccccc23)c(O)c1. The van der Waals surface area contributed by atoms with Gasteiger partial charge < -0.3 is 9.84 Å². The van der Waals surface area contributed by atoms with E-state index in [-0.39, 0.29) is 11.6 Å². The predicted octanol–water partition coefficient (Wildman–Crippen LogP) is 5.30. The molecule has 2 N–H and O–H groups in total. The quantitative estimate of drug-likeness (QED) is 0.300. The number of para-hydroxylation sites is 1. The molecule has 1 amide bonds. The van der Waals surface area contributed by atoms with Crippen LogP contribution in [0.4, 0.5) is 4.39 Å². The Bertz CT molecular complexity index is 1320. The van der Waals surface area contributed by atoms with Gasteiger partial charge in [-0.1, -0.05) is 25.1 Å². The minimum Gasteiger partial charge on any atom is -0.507 e. The van der Waals surface area contributed by atoms with E-state index in [0.717, 1.165) is 6.42 Å². The molecule has 0 fully saturated rings. The van der Waals surface area contributed by atoms with E-state index < -0.39 is 5.91 Å². The van der Waals surface area contributed by atoms with Crippen molar-refractivity contribution in [2.75, 3.05) is 6.61 Å². The van der Waals surface area contributed by atoms with Gasteiger partial charge in [0.25, 0.3) is 5.91 Å². The molecule has 0 saturated heterocycles. The van der Waals surface area contributed by atoms with E-state index in [2.05, 4.69) is 15.5 Å². The maximum absolute atomic E-state index is 13.3. The number of hydrazone groups is 1. The van der Waals surface area contributed by atoms with Crippen molar-refractivity contribution in [1.82, 2.24) is 10.4 Å². The Kier molecular flexibility index (Phi) is 6.59. The number of ether oxygens (including phenoxy) is 1. The van der Waals surface area contributed by atoms with Gasteiger partial charge in [0.2, 0.25) is 0 Å². The summed E-state index contributed by atoms with van der Waals surface area (Å²) in [5.74, 6) is -0.225. The number of nitrogens with one attached hydrogen (secondary N) is 1. The van der Waals surface area contributed by atoms with Crippen molar-refractivity contribution < 1.29 is 19.0 Å². The first-order chi connectivity index (χ1) is 16.0. The lowest BCUT2D eigenvalue weighted by Crippen LogP contribution is -2.18. The normalized spacial score (nSPS) is 11.1. The van der Waals surface area contributed by atoms with Crippen molar-refractivity contribution in [3.8, 4) is 22.8 Å². The van der Waals surface area contributed by atoms with Crippen LogP contribution in [0.1, 0.15) is 29.3 Å². The van der Waals surface area contributed by atoms with Gasteiger partial charge in [-0.3, -0.25) is 4.79 Å². The summed E-state index contributed by atoms with van der Waals surface area (Å²) < 4.78 is 18.8. The summed E-state index contributed by atoms with van der Waals surface area (Å²) in [6.45, 7) is 2.56. The Hall–Kier alpha value is -4.26. The zero-order valence-corrected chi connectivity index (χ0v) is 18.0. The molecule has 0 saturated carbocycles. The molecule has 0 bridgehead atoms. The monoisotopic (exact) mass is 443 g/mol. The molecular formula is C26H22FN3O3. The minimum absolute atomic E-state index is 0.00504. The summed E-state index contributed by atoms with van der Waals surface area (Å²) in [4.78, 5) is 17.5. The summed E-state index contributed by atoms with van der Waals surface area (Å²) in [5, 5.41) is 14.8. The van der Waals surface area contributed by atoms with Crippen molar-refractivity contribution in [3.63, 3.8) is 0 Å². The first-order valence-corrected chi connectivity index (χ1v) is 10.5. The maximum Gasteiger partial charge on any atom is 0.272 e. The number of nitrogens with zero attached hydrogens (tertiary/aromatic N) is 2. The second-order valence-corrected chi connectivity index (χ2v) is 7.35. The number of carbonyl (C=O) groups excluding carboxylic acids is 1. The van der Waals surface area contributed by atoms with Crippen LogP contribution in [-0.2, 0) is 0 Å². The van der Waals surface area contributed by atoms with Crippen LogP contribution in [0.3, 0.4) is 0 Å². The topological polar surface area (TPSA) is 83.8 Å². The number of fused-ring (bicyclic) bond motifs is 1. The number of hydrogen-bond donors (Lipinski definition) is 2. The molecule has 33 heavy (non-hydrogen) atoms. The minimum atomic E-state index is -0.435. The number of hydrogen-bond acceptors (Lipinski definition) is 5. The molecule has 0 radical (unpaired) electrons. The molecular weight excluding hydrogens is 421 g/mol. The van der Waals surface area contributed by atoms with E-state index in [1.807, 2.05) is 25.1 Å². The van der Waals surface area contributed by atoms with Crippen LogP contribution in [0.15, 0.2) is 77.9 Å². The van der Waals surface area contributed by atoms with Crippen molar-refractivity contribution >= 4 is 23.0 Å². The molecule has 166 valence electrons. The van der Waals surface area contributed by atoms with Gasteiger partial charge in [0.1, 0.15) is 17.3 Å². The number of halogens is 1. The summed E-state index contributed by atoms with van der Waals surface area (Å²) in [6, 6.07) is 19.7. The van der Waals surface area contributed by atoms with Crippen LogP contribution in [0, 0.1) is 5.82 Å². The highest BCUT2D eigenvalue weighted by Gasteiger charge is 2.14. The van der Waals surface area contributed by atoms with Gasteiger partial charge in [-0.05, 0) is 55.0 Å². The zero-order valence-electron chi connectivity index (χ0n) is 18.0. The number of phenols is 1. The molecule has 0 aliphatic heterocycles. The standard InChI is InChI=1S/C26H22FN3O3/c1-2-13-33-20-12-9-18(25(31)14-20)16-28-30-26(32)22-15-24(17-7-10-19(27)11-8-17)29-23-6-4-3-5-21(22)23/h3-12,14-16,31H,2,13H2,1H3,(H,30,32). The van der Waals surface area contributed by atoms with Crippen LogP contribution >= 0.6 is 0 Å². The molecule has 3 aromatic carbocycles. The average molecular weight is 443 g/mol. The fourth-order valence-electron chi connectivity index (χ4n) is 3.29. The first-order valence-electron chi connectivity index (χ1n) is 10.5. The van der Waals surface area contributed by atoms with Crippen molar-refractivity contribution in [1.29, 1.82) is 0 Å². The van der Waals surface area contributed by atoms with E-state index in [1.165, 1.54) is 24.4 Å².